The number of carbonyl (C=O) groups excluding carboxylic acids is 2. The van der Waals surface area contributed by atoms with E-state index in [0.29, 0.717) is 15.9 Å². The summed E-state index contributed by atoms with van der Waals surface area (Å²) in [6.07, 6.45) is 1.79. The van der Waals surface area contributed by atoms with Gasteiger partial charge < -0.3 is 15.0 Å². The fourth-order valence-corrected chi connectivity index (χ4v) is 4.74. The number of amides is 2. The van der Waals surface area contributed by atoms with E-state index in [-0.39, 0.29) is 18.5 Å². The lowest BCUT2D eigenvalue weighted by atomic mass is 10.1. The lowest BCUT2D eigenvalue weighted by molar-refractivity contribution is -0.139. The molecule has 0 saturated heterocycles. The van der Waals surface area contributed by atoms with Crippen molar-refractivity contribution in [2.24, 2.45) is 0 Å². The van der Waals surface area contributed by atoms with Gasteiger partial charge in [0.1, 0.15) is 18.3 Å². The summed E-state index contributed by atoms with van der Waals surface area (Å²) in [5.74, 6) is -0.194. The number of anilines is 1. The molecule has 0 aromatic heterocycles. The second kappa shape index (κ2) is 12.2. The molecule has 8 nitrogen and oxygen atoms in total. The molecule has 0 spiro atoms. The first kappa shape index (κ1) is 27.7. The summed E-state index contributed by atoms with van der Waals surface area (Å²) in [6.45, 7) is 5.14. The van der Waals surface area contributed by atoms with Gasteiger partial charge in [0.2, 0.25) is 21.8 Å². The standard InChI is InChI=1S/C24H32BrN3O5S/c1-6-17(2)26-24(30)18(3)27(15-19-10-9-11-20(14-19)33-4)23(29)16-28(34(5,31)32)22-13-8-7-12-21(22)25/h7-14,17-18H,6,15-16H2,1-5H3,(H,26,30)/t17-,18-/m0/s1. The average Bonchev–Trinajstić information content (AvgIpc) is 2.80. The lowest BCUT2D eigenvalue weighted by Crippen LogP contribution is -2.52. The van der Waals surface area contributed by atoms with Crippen LogP contribution in [0.4, 0.5) is 5.69 Å². The molecule has 0 unspecified atom stereocenters. The SMILES string of the molecule is CC[C@H](C)NC(=O)[C@H](C)N(Cc1cccc(OC)c1)C(=O)CN(c1ccccc1Br)S(C)(=O)=O. The van der Waals surface area contributed by atoms with Crippen LogP contribution in [0.2, 0.25) is 0 Å². The predicted octanol–water partition coefficient (Wildman–Crippen LogP) is 3.56. The number of methoxy groups -OCH3 is 1. The third-order valence-corrected chi connectivity index (χ3v) is 7.25. The maximum Gasteiger partial charge on any atom is 0.244 e. The normalized spacial score (nSPS) is 13.0. The zero-order chi connectivity index (χ0) is 25.5. The Balaban J connectivity index is 2.41. The van der Waals surface area contributed by atoms with Gasteiger partial charge in [0, 0.05) is 17.1 Å². The van der Waals surface area contributed by atoms with E-state index < -0.39 is 28.5 Å². The second-order valence-corrected chi connectivity index (χ2v) is 10.8. The minimum absolute atomic E-state index is 0.0588. The van der Waals surface area contributed by atoms with Crippen molar-refractivity contribution >= 4 is 43.5 Å². The highest BCUT2D eigenvalue weighted by molar-refractivity contribution is 9.10. The molecular weight excluding hydrogens is 522 g/mol. The van der Waals surface area contributed by atoms with E-state index in [9.17, 15) is 18.0 Å². The van der Waals surface area contributed by atoms with E-state index in [1.807, 2.05) is 19.9 Å². The highest BCUT2D eigenvalue weighted by Crippen LogP contribution is 2.28. The van der Waals surface area contributed by atoms with Gasteiger partial charge in [-0.25, -0.2) is 8.42 Å². The van der Waals surface area contributed by atoms with Gasteiger partial charge in [-0.3, -0.25) is 13.9 Å². The number of para-hydroxylation sites is 1. The monoisotopic (exact) mass is 553 g/mol. The van der Waals surface area contributed by atoms with Crippen LogP contribution >= 0.6 is 15.9 Å². The molecule has 0 aliphatic heterocycles. The van der Waals surface area contributed by atoms with Crippen molar-refractivity contribution in [3.8, 4) is 5.75 Å². The first-order valence-corrected chi connectivity index (χ1v) is 13.6. The molecule has 0 aliphatic rings. The fourth-order valence-electron chi connectivity index (χ4n) is 3.26. The smallest absolute Gasteiger partial charge is 0.244 e. The Bertz CT molecular complexity index is 1110. The van der Waals surface area contributed by atoms with Gasteiger partial charge in [-0.2, -0.15) is 0 Å². The fraction of sp³-hybridized carbons (Fsp3) is 0.417. The van der Waals surface area contributed by atoms with Crippen molar-refractivity contribution in [2.75, 3.05) is 24.2 Å². The minimum Gasteiger partial charge on any atom is -0.497 e. The molecule has 1 N–H and O–H groups in total. The Morgan fingerprint density at radius 2 is 1.79 bits per heavy atom. The molecule has 0 aliphatic carbocycles. The van der Waals surface area contributed by atoms with E-state index in [2.05, 4.69) is 21.2 Å². The van der Waals surface area contributed by atoms with Crippen LogP contribution in [0, 0.1) is 0 Å². The molecule has 0 heterocycles. The van der Waals surface area contributed by atoms with Crippen LogP contribution in [-0.4, -0.2) is 57.1 Å². The summed E-state index contributed by atoms with van der Waals surface area (Å²) in [4.78, 5) is 27.8. The lowest BCUT2D eigenvalue weighted by Gasteiger charge is -2.32. The topological polar surface area (TPSA) is 96.0 Å². The number of rotatable bonds is 11. The minimum atomic E-state index is -3.79. The van der Waals surface area contributed by atoms with Crippen molar-refractivity contribution in [3.63, 3.8) is 0 Å². The largest absolute Gasteiger partial charge is 0.497 e. The van der Waals surface area contributed by atoms with Gasteiger partial charge in [-0.05, 0) is 66.0 Å². The van der Waals surface area contributed by atoms with Crippen molar-refractivity contribution < 1.29 is 22.7 Å². The van der Waals surface area contributed by atoms with Crippen molar-refractivity contribution in [2.45, 2.75) is 45.8 Å². The van der Waals surface area contributed by atoms with Gasteiger partial charge in [0.25, 0.3) is 0 Å². The number of nitrogens with zero attached hydrogens (tertiary/aromatic N) is 2. The van der Waals surface area contributed by atoms with Crippen LogP contribution in [0.15, 0.2) is 53.0 Å². The number of hydrogen-bond donors (Lipinski definition) is 1. The Morgan fingerprint density at radius 1 is 1.12 bits per heavy atom. The Morgan fingerprint density at radius 3 is 2.38 bits per heavy atom. The number of hydrogen-bond acceptors (Lipinski definition) is 5. The first-order chi connectivity index (χ1) is 16.0. The molecule has 0 radical (unpaired) electrons. The molecule has 2 atom stereocenters. The maximum absolute atomic E-state index is 13.5. The number of sulfonamides is 1. The van der Waals surface area contributed by atoms with Crippen molar-refractivity contribution in [3.05, 3.63) is 58.6 Å². The van der Waals surface area contributed by atoms with E-state index in [1.165, 1.54) is 4.90 Å². The molecule has 2 aromatic carbocycles. The van der Waals surface area contributed by atoms with E-state index in [0.717, 1.165) is 22.5 Å². The summed E-state index contributed by atoms with van der Waals surface area (Å²) >= 11 is 3.36. The number of ether oxygens (including phenoxy) is 1. The summed E-state index contributed by atoms with van der Waals surface area (Å²) in [6, 6.07) is 13.1. The summed E-state index contributed by atoms with van der Waals surface area (Å²) in [5.41, 5.74) is 1.10. The highest BCUT2D eigenvalue weighted by atomic mass is 79.9. The maximum atomic E-state index is 13.5. The Hall–Kier alpha value is -2.59. The number of carbonyl (C=O) groups is 2. The zero-order valence-electron chi connectivity index (χ0n) is 20.1. The number of nitrogens with one attached hydrogen (secondary N) is 1. The quantitative estimate of drug-likeness (QED) is 0.459. The van der Waals surface area contributed by atoms with Gasteiger partial charge in [0.15, 0.2) is 0 Å². The summed E-state index contributed by atoms with van der Waals surface area (Å²) in [7, 11) is -2.24. The molecule has 0 saturated carbocycles. The van der Waals surface area contributed by atoms with Gasteiger partial charge in [0.05, 0.1) is 19.1 Å². The van der Waals surface area contributed by atoms with Gasteiger partial charge >= 0.3 is 0 Å². The van der Waals surface area contributed by atoms with Crippen molar-refractivity contribution in [1.82, 2.24) is 10.2 Å². The van der Waals surface area contributed by atoms with Crippen LogP contribution in [0.5, 0.6) is 5.75 Å². The van der Waals surface area contributed by atoms with Crippen LogP contribution < -0.4 is 14.4 Å². The molecule has 2 amide bonds. The summed E-state index contributed by atoms with van der Waals surface area (Å²) in [5, 5.41) is 2.90. The summed E-state index contributed by atoms with van der Waals surface area (Å²) < 4.78 is 32.1. The average molecular weight is 555 g/mol. The van der Waals surface area contributed by atoms with Crippen molar-refractivity contribution in [1.29, 1.82) is 0 Å². The predicted molar refractivity (Wildman–Crippen MR) is 137 cm³/mol. The molecule has 2 aromatic rings. The molecule has 0 bridgehead atoms. The molecule has 10 heteroatoms. The zero-order valence-corrected chi connectivity index (χ0v) is 22.5. The van der Waals surface area contributed by atoms with Crippen LogP contribution in [0.25, 0.3) is 0 Å². The van der Waals surface area contributed by atoms with Crippen LogP contribution in [0.3, 0.4) is 0 Å². The molecule has 186 valence electrons. The molecule has 34 heavy (non-hydrogen) atoms. The second-order valence-electron chi connectivity index (χ2n) is 8.09. The molecule has 2 rings (SSSR count). The third kappa shape index (κ3) is 7.46. The highest BCUT2D eigenvalue weighted by Gasteiger charge is 2.31. The van der Waals surface area contributed by atoms with Crippen LogP contribution in [0.1, 0.15) is 32.8 Å². The molecular formula is C24H32BrN3O5S. The van der Waals surface area contributed by atoms with E-state index in [1.54, 1.807) is 56.5 Å². The van der Waals surface area contributed by atoms with E-state index in [4.69, 9.17) is 4.74 Å². The Kier molecular flexibility index (Phi) is 9.93. The third-order valence-electron chi connectivity index (χ3n) is 5.46. The molecule has 0 fully saturated rings. The van der Waals surface area contributed by atoms with Gasteiger partial charge in [-0.15, -0.1) is 0 Å². The van der Waals surface area contributed by atoms with Gasteiger partial charge in [-0.1, -0.05) is 31.2 Å². The number of benzene rings is 2. The Labute approximate surface area is 210 Å². The van der Waals surface area contributed by atoms with E-state index >= 15 is 0 Å². The first-order valence-electron chi connectivity index (χ1n) is 10.9. The number of halogens is 1. The van der Waals surface area contributed by atoms with Crippen LogP contribution in [-0.2, 0) is 26.2 Å².